The van der Waals surface area contributed by atoms with Crippen LogP contribution in [0, 0.1) is 11.7 Å². The monoisotopic (exact) mass is 409 g/mol. The smallest absolute Gasteiger partial charge is 0.221 e. The largest absolute Gasteiger partial charge is 0.354 e. The van der Waals surface area contributed by atoms with E-state index < -0.39 is 0 Å². The standard InChI is InChI=1S/C22H27N5OS/c1-16-9-11-18(12-10-16)21-24-25-22(29)27(21)14-13-20(28)23-15-19(26(2)3)17-7-5-4-6-8-17/h4-12,19H,13-15H2,1-3H3,(H,23,28)(H,25,29). The van der Waals surface area contributed by atoms with Gasteiger partial charge in [-0.05, 0) is 38.8 Å². The first-order chi connectivity index (χ1) is 14.0. The summed E-state index contributed by atoms with van der Waals surface area (Å²) in [5.41, 5.74) is 3.33. The number of carbonyl (C=O) groups is 1. The van der Waals surface area contributed by atoms with Crippen LogP contribution in [0.15, 0.2) is 54.6 Å². The van der Waals surface area contributed by atoms with Crippen LogP contribution in [0.5, 0.6) is 0 Å². The molecule has 0 bridgehead atoms. The number of H-pyrrole nitrogens is 1. The lowest BCUT2D eigenvalue weighted by atomic mass is 10.1. The molecule has 1 aromatic heterocycles. The Morgan fingerprint density at radius 1 is 1.17 bits per heavy atom. The summed E-state index contributed by atoms with van der Waals surface area (Å²) in [6.45, 7) is 3.07. The molecule has 0 aliphatic carbocycles. The van der Waals surface area contributed by atoms with Gasteiger partial charge in [-0.2, -0.15) is 5.10 Å². The van der Waals surface area contributed by atoms with Gasteiger partial charge >= 0.3 is 0 Å². The maximum absolute atomic E-state index is 12.5. The summed E-state index contributed by atoms with van der Waals surface area (Å²) in [5, 5.41) is 10.2. The minimum Gasteiger partial charge on any atom is -0.354 e. The van der Waals surface area contributed by atoms with E-state index in [4.69, 9.17) is 12.2 Å². The van der Waals surface area contributed by atoms with Crippen molar-refractivity contribution in [2.24, 2.45) is 0 Å². The molecule has 6 nitrogen and oxygen atoms in total. The second-order valence-electron chi connectivity index (χ2n) is 7.31. The van der Waals surface area contributed by atoms with Crippen LogP contribution < -0.4 is 5.32 Å². The zero-order valence-corrected chi connectivity index (χ0v) is 17.9. The summed E-state index contributed by atoms with van der Waals surface area (Å²) in [6, 6.07) is 18.4. The first-order valence-electron chi connectivity index (χ1n) is 9.66. The van der Waals surface area contributed by atoms with Crippen LogP contribution in [0.2, 0.25) is 0 Å². The number of likely N-dealkylation sites (N-methyl/N-ethyl adjacent to an activating group) is 1. The molecule has 1 amide bonds. The third kappa shape index (κ3) is 5.40. The van der Waals surface area contributed by atoms with Crippen LogP contribution in [0.1, 0.15) is 23.6 Å². The Morgan fingerprint density at radius 3 is 2.52 bits per heavy atom. The van der Waals surface area contributed by atoms with Gasteiger partial charge in [-0.15, -0.1) is 0 Å². The van der Waals surface area contributed by atoms with Gasteiger partial charge in [0.05, 0.1) is 6.04 Å². The predicted octanol–water partition coefficient (Wildman–Crippen LogP) is 3.73. The van der Waals surface area contributed by atoms with Gasteiger partial charge in [0.15, 0.2) is 10.6 Å². The fraction of sp³-hybridized carbons (Fsp3) is 0.318. The van der Waals surface area contributed by atoms with Crippen LogP contribution in [-0.2, 0) is 11.3 Å². The molecule has 2 aromatic carbocycles. The van der Waals surface area contributed by atoms with Gasteiger partial charge in [0.2, 0.25) is 5.91 Å². The molecule has 0 spiro atoms. The van der Waals surface area contributed by atoms with Gasteiger partial charge in [-0.1, -0.05) is 60.2 Å². The Bertz CT molecular complexity index is 992. The van der Waals surface area contributed by atoms with Crippen molar-refractivity contribution in [2.75, 3.05) is 20.6 Å². The third-order valence-corrected chi connectivity index (χ3v) is 5.24. The highest BCUT2D eigenvalue weighted by molar-refractivity contribution is 7.71. The summed E-state index contributed by atoms with van der Waals surface area (Å²) in [5.74, 6) is 0.740. The molecule has 0 aliphatic heterocycles. The van der Waals surface area contributed by atoms with E-state index in [-0.39, 0.29) is 11.9 Å². The number of amides is 1. The van der Waals surface area contributed by atoms with Crippen LogP contribution in [0.4, 0.5) is 0 Å². The lowest BCUT2D eigenvalue weighted by Crippen LogP contribution is -2.34. The van der Waals surface area contributed by atoms with Gasteiger partial charge in [-0.3, -0.25) is 14.5 Å². The number of aromatic nitrogens is 3. The Balaban J connectivity index is 1.62. The van der Waals surface area contributed by atoms with E-state index >= 15 is 0 Å². The van der Waals surface area contributed by atoms with E-state index in [0.29, 0.717) is 24.3 Å². The van der Waals surface area contributed by atoms with Crippen molar-refractivity contribution in [3.05, 3.63) is 70.5 Å². The maximum atomic E-state index is 12.5. The van der Waals surface area contributed by atoms with E-state index in [1.54, 1.807) is 0 Å². The van der Waals surface area contributed by atoms with Crippen LogP contribution >= 0.6 is 12.2 Å². The molecule has 0 fully saturated rings. The van der Waals surface area contributed by atoms with Crippen LogP contribution in [0.25, 0.3) is 11.4 Å². The first-order valence-corrected chi connectivity index (χ1v) is 10.1. The van der Waals surface area contributed by atoms with Crippen LogP contribution in [-0.4, -0.2) is 46.2 Å². The summed E-state index contributed by atoms with van der Waals surface area (Å²) in [6.07, 6.45) is 0.335. The minimum absolute atomic E-state index is 0.00858. The fourth-order valence-electron chi connectivity index (χ4n) is 3.23. The van der Waals surface area contributed by atoms with Crippen molar-refractivity contribution in [2.45, 2.75) is 25.9 Å². The summed E-state index contributed by atoms with van der Waals surface area (Å²) >= 11 is 5.36. The number of benzene rings is 2. The summed E-state index contributed by atoms with van der Waals surface area (Å²) in [4.78, 5) is 14.6. The first kappa shape index (κ1) is 21.0. The number of carbonyl (C=O) groups excluding carboxylic acids is 1. The van der Waals surface area contributed by atoms with Crippen molar-refractivity contribution in [1.82, 2.24) is 25.0 Å². The van der Waals surface area contributed by atoms with Crippen molar-refractivity contribution in [3.8, 4) is 11.4 Å². The molecule has 1 atom stereocenters. The minimum atomic E-state index is -0.00858. The third-order valence-electron chi connectivity index (χ3n) is 4.93. The highest BCUT2D eigenvalue weighted by atomic mass is 32.1. The molecule has 2 N–H and O–H groups in total. The molecule has 1 heterocycles. The number of aryl methyl sites for hydroxylation is 1. The number of aromatic amines is 1. The molecule has 29 heavy (non-hydrogen) atoms. The highest BCUT2D eigenvalue weighted by Crippen LogP contribution is 2.19. The van der Waals surface area contributed by atoms with Gasteiger partial charge in [0, 0.05) is 25.1 Å². The Kier molecular flexibility index (Phi) is 6.95. The highest BCUT2D eigenvalue weighted by Gasteiger charge is 2.16. The molecule has 152 valence electrons. The summed E-state index contributed by atoms with van der Waals surface area (Å²) < 4.78 is 2.39. The second kappa shape index (κ2) is 9.62. The molecule has 3 aromatic rings. The fourth-order valence-corrected chi connectivity index (χ4v) is 3.46. The normalized spacial score (nSPS) is 12.1. The second-order valence-corrected chi connectivity index (χ2v) is 7.70. The molecular weight excluding hydrogens is 382 g/mol. The van der Waals surface area contributed by atoms with E-state index in [0.717, 1.165) is 11.4 Å². The summed E-state index contributed by atoms with van der Waals surface area (Å²) in [7, 11) is 4.03. The van der Waals surface area contributed by atoms with Crippen molar-refractivity contribution in [1.29, 1.82) is 0 Å². The molecule has 0 aliphatic rings. The van der Waals surface area contributed by atoms with Crippen molar-refractivity contribution >= 4 is 18.1 Å². The average molecular weight is 410 g/mol. The Labute approximate surface area is 176 Å². The number of rotatable bonds is 8. The van der Waals surface area contributed by atoms with E-state index in [1.165, 1.54) is 11.1 Å². The zero-order valence-electron chi connectivity index (χ0n) is 17.1. The zero-order chi connectivity index (χ0) is 20.8. The Hall–Kier alpha value is -2.77. The lowest BCUT2D eigenvalue weighted by molar-refractivity contribution is -0.121. The maximum Gasteiger partial charge on any atom is 0.221 e. The van der Waals surface area contributed by atoms with Crippen molar-refractivity contribution < 1.29 is 4.79 Å². The van der Waals surface area contributed by atoms with Gasteiger partial charge in [0.25, 0.3) is 0 Å². The lowest BCUT2D eigenvalue weighted by Gasteiger charge is -2.25. The number of nitrogens with one attached hydrogen (secondary N) is 2. The molecule has 0 radical (unpaired) electrons. The Morgan fingerprint density at radius 2 is 1.86 bits per heavy atom. The molecule has 7 heteroatoms. The number of nitrogens with zero attached hydrogens (tertiary/aromatic N) is 3. The number of hydrogen-bond acceptors (Lipinski definition) is 4. The van der Waals surface area contributed by atoms with Gasteiger partial charge < -0.3 is 10.2 Å². The number of hydrogen-bond donors (Lipinski definition) is 2. The molecule has 0 saturated heterocycles. The average Bonchev–Trinajstić information content (AvgIpc) is 3.08. The molecular formula is C22H27N5OS. The van der Waals surface area contributed by atoms with Gasteiger partial charge in [0.1, 0.15) is 0 Å². The van der Waals surface area contributed by atoms with Crippen LogP contribution in [0.3, 0.4) is 0 Å². The predicted molar refractivity (Wildman–Crippen MR) is 118 cm³/mol. The molecule has 3 rings (SSSR count). The SMILES string of the molecule is Cc1ccc(-c2n[nH]c(=S)n2CCC(=O)NCC(c2ccccc2)N(C)C)cc1. The topological polar surface area (TPSA) is 66.0 Å². The molecule has 0 saturated carbocycles. The van der Waals surface area contributed by atoms with E-state index in [1.807, 2.05) is 68.1 Å². The van der Waals surface area contributed by atoms with Crippen molar-refractivity contribution in [3.63, 3.8) is 0 Å². The van der Waals surface area contributed by atoms with E-state index in [9.17, 15) is 4.79 Å². The molecule has 1 unspecified atom stereocenters. The quantitative estimate of drug-likeness (QED) is 0.557. The van der Waals surface area contributed by atoms with Gasteiger partial charge in [-0.25, -0.2) is 0 Å². The van der Waals surface area contributed by atoms with E-state index in [2.05, 4.69) is 32.5 Å².